The van der Waals surface area contributed by atoms with Gasteiger partial charge in [0.15, 0.2) is 5.60 Å². The Morgan fingerprint density at radius 3 is 1.77 bits per heavy atom. The number of rotatable bonds is 4. The van der Waals surface area contributed by atoms with Gasteiger partial charge in [0.1, 0.15) is 0 Å². The average molecular weight is 340 g/mol. The zero-order valence-corrected chi connectivity index (χ0v) is 14.7. The van der Waals surface area contributed by atoms with Crippen LogP contribution in [-0.4, -0.2) is 5.97 Å². The lowest BCUT2D eigenvalue weighted by Crippen LogP contribution is -2.27. The van der Waals surface area contributed by atoms with Crippen molar-refractivity contribution < 1.29 is 9.53 Å². The summed E-state index contributed by atoms with van der Waals surface area (Å²) in [6, 6.07) is 29.9. The molecule has 0 aliphatic carbocycles. The van der Waals surface area contributed by atoms with Crippen LogP contribution in [0.4, 0.5) is 0 Å². The molecular formula is C24H20O2. The van der Waals surface area contributed by atoms with Crippen molar-refractivity contribution in [3.05, 3.63) is 108 Å². The molecule has 3 aromatic carbocycles. The molecule has 0 fully saturated rings. The topological polar surface area (TPSA) is 26.3 Å². The minimum absolute atomic E-state index is 0.263. The van der Waals surface area contributed by atoms with Crippen molar-refractivity contribution in [2.45, 2.75) is 18.9 Å². The van der Waals surface area contributed by atoms with Crippen LogP contribution in [0, 0.1) is 0 Å². The summed E-state index contributed by atoms with van der Waals surface area (Å²) in [5.41, 5.74) is 3.74. The zero-order valence-electron chi connectivity index (χ0n) is 14.7. The van der Waals surface area contributed by atoms with Gasteiger partial charge < -0.3 is 4.74 Å². The molecule has 0 spiro atoms. The van der Waals surface area contributed by atoms with Gasteiger partial charge in [0, 0.05) is 11.1 Å². The molecule has 4 rings (SSSR count). The quantitative estimate of drug-likeness (QED) is 0.590. The van der Waals surface area contributed by atoms with Gasteiger partial charge >= 0.3 is 5.97 Å². The van der Waals surface area contributed by atoms with Gasteiger partial charge in [-0.25, -0.2) is 4.79 Å². The first-order valence-corrected chi connectivity index (χ1v) is 8.91. The van der Waals surface area contributed by atoms with E-state index in [1.165, 1.54) is 0 Å². The smallest absolute Gasteiger partial charge is 0.340 e. The Bertz CT molecular complexity index is 943. The Morgan fingerprint density at radius 1 is 0.731 bits per heavy atom. The summed E-state index contributed by atoms with van der Waals surface area (Å²) in [7, 11) is 0. The fraction of sp³-hybridized carbons (Fsp3) is 0.125. The van der Waals surface area contributed by atoms with Gasteiger partial charge in [0.2, 0.25) is 0 Å². The largest absolute Gasteiger partial charge is 0.446 e. The van der Waals surface area contributed by atoms with E-state index in [1.807, 2.05) is 91.0 Å². The highest BCUT2D eigenvalue weighted by Crippen LogP contribution is 2.51. The molecule has 1 atom stereocenters. The van der Waals surface area contributed by atoms with Crippen LogP contribution in [0.25, 0.3) is 11.1 Å². The highest BCUT2D eigenvalue weighted by atomic mass is 16.6. The number of hydrogen-bond donors (Lipinski definition) is 0. The fourth-order valence-corrected chi connectivity index (χ4v) is 3.78. The lowest BCUT2D eigenvalue weighted by atomic mass is 9.78. The standard InChI is InChI=1S/C24H20O2/c1-2-24(20-16-10-5-11-17-20)22(19-14-8-4-9-15-19)21(23(25)26-24)18-12-6-3-7-13-18/h3-17H,2H2,1H3. The third-order valence-corrected chi connectivity index (χ3v) is 4.99. The van der Waals surface area contributed by atoms with Crippen LogP contribution < -0.4 is 0 Å². The van der Waals surface area contributed by atoms with Crippen LogP contribution in [0.3, 0.4) is 0 Å². The monoisotopic (exact) mass is 340 g/mol. The number of esters is 1. The van der Waals surface area contributed by atoms with Crippen LogP contribution in [0.1, 0.15) is 30.0 Å². The van der Waals surface area contributed by atoms with E-state index in [1.54, 1.807) is 0 Å². The Labute approximate surface area is 153 Å². The summed E-state index contributed by atoms with van der Waals surface area (Å²) >= 11 is 0. The number of benzene rings is 3. The van der Waals surface area contributed by atoms with Crippen molar-refractivity contribution in [2.24, 2.45) is 0 Å². The maximum absolute atomic E-state index is 13.0. The summed E-state index contributed by atoms with van der Waals surface area (Å²) in [4.78, 5) is 13.0. The van der Waals surface area contributed by atoms with E-state index in [9.17, 15) is 4.79 Å². The maximum Gasteiger partial charge on any atom is 0.340 e. The van der Waals surface area contributed by atoms with Gasteiger partial charge in [-0.1, -0.05) is 97.9 Å². The third-order valence-electron chi connectivity index (χ3n) is 4.99. The highest BCUT2D eigenvalue weighted by molar-refractivity contribution is 6.28. The van der Waals surface area contributed by atoms with Crippen LogP contribution in [0.2, 0.25) is 0 Å². The molecule has 1 unspecified atom stereocenters. The first-order chi connectivity index (χ1) is 12.8. The maximum atomic E-state index is 13.0. The molecule has 0 saturated carbocycles. The normalized spacial score (nSPS) is 19.5. The Morgan fingerprint density at radius 2 is 1.23 bits per heavy atom. The second-order valence-corrected chi connectivity index (χ2v) is 6.42. The molecule has 1 aliphatic heterocycles. The molecule has 0 bridgehead atoms. The minimum Gasteiger partial charge on any atom is -0.446 e. The van der Waals surface area contributed by atoms with Gasteiger partial charge in [-0.2, -0.15) is 0 Å². The summed E-state index contributed by atoms with van der Waals surface area (Å²) < 4.78 is 6.11. The lowest BCUT2D eigenvalue weighted by molar-refractivity contribution is -0.145. The first kappa shape index (κ1) is 16.3. The van der Waals surface area contributed by atoms with E-state index >= 15 is 0 Å². The number of carbonyl (C=O) groups excluding carboxylic acids is 1. The van der Waals surface area contributed by atoms with Crippen molar-refractivity contribution in [2.75, 3.05) is 0 Å². The van der Waals surface area contributed by atoms with Crippen LogP contribution in [-0.2, 0) is 15.1 Å². The molecule has 0 N–H and O–H groups in total. The summed E-state index contributed by atoms with van der Waals surface area (Å²) in [5, 5.41) is 0. The molecule has 1 heterocycles. The second kappa shape index (κ2) is 6.64. The number of carbonyl (C=O) groups is 1. The van der Waals surface area contributed by atoms with Crippen LogP contribution >= 0.6 is 0 Å². The molecule has 0 amide bonds. The van der Waals surface area contributed by atoms with Gasteiger partial charge in [-0.3, -0.25) is 0 Å². The molecule has 128 valence electrons. The zero-order chi connectivity index (χ0) is 18.0. The Balaban J connectivity index is 2.05. The van der Waals surface area contributed by atoms with Crippen molar-refractivity contribution in [1.29, 1.82) is 0 Å². The first-order valence-electron chi connectivity index (χ1n) is 8.91. The van der Waals surface area contributed by atoms with Gasteiger partial charge in [0.05, 0.1) is 5.57 Å². The van der Waals surface area contributed by atoms with Crippen LogP contribution in [0.5, 0.6) is 0 Å². The molecule has 2 heteroatoms. The fourth-order valence-electron chi connectivity index (χ4n) is 3.78. The van der Waals surface area contributed by atoms with E-state index in [2.05, 4.69) is 6.92 Å². The molecule has 2 nitrogen and oxygen atoms in total. The SMILES string of the molecule is CCC1(c2ccccc2)OC(=O)C(c2ccccc2)=C1c1ccccc1. The number of cyclic esters (lactones) is 1. The Hall–Kier alpha value is -3.13. The van der Waals surface area contributed by atoms with E-state index in [-0.39, 0.29) is 5.97 Å². The lowest BCUT2D eigenvalue weighted by Gasteiger charge is -2.31. The van der Waals surface area contributed by atoms with Crippen LogP contribution in [0.15, 0.2) is 91.0 Å². The summed E-state index contributed by atoms with van der Waals surface area (Å²) in [5.74, 6) is -0.263. The van der Waals surface area contributed by atoms with Crippen molar-refractivity contribution in [3.8, 4) is 0 Å². The summed E-state index contributed by atoms with van der Waals surface area (Å²) in [6.07, 6.45) is 0.670. The van der Waals surface area contributed by atoms with E-state index < -0.39 is 5.60 Å². The Kier molecular flexibility index (Phi) is 4.18. The van der Waals surface area contributed by atoms with Gasteiger partial charge in [-0.05, 0) is 17.5 Å². The van der Waals surface area contributed by atoms with E-state index in [0.29, 0.717) is 12.0 Å². The predicted octanol–water partition coefficient (Wildman–Crippen LogP) is 5.46. The predicted molar refractivity (Wildman–Crippen MR) is 104 cm³/mol. The molecule has 0 radical (unpaired) electrons. The number of ether oxygens (including phenoxy) is 1. The van der Waals surface area contributed by atoms with Crippen molar-refractivity contribution in [1.82, 2.24) is 0 Å². The second-order valence-electron chi connectivity index (χ2n) is 6.42. The molecule has 1 aliphatic rings. The number of hydrogen-bond acceptors (Lipinski definition) is 2. The van der Waals surface area contributed by atoms with Crippen molar-refractivity contribution >= 4 is 17.1 Å². The molecule has 0 saturated heterocycles. The molecule has 0 aromatic heterocycles. The molecule has 26 heavy (non-hydrogen) atoms. The summed E-state index contributed by atoms with van der Waals surface area (Å²) in [6.45, 7) is 2.07. The van der Waals surface area contributed by atoms with Crippen molar-refractivity contribution in [3.63, 3.8) is 0 Å². The van der Waals surface area contributed by atoms with E-state index in [4.69, 9.17) is 4.74 Å². The van der Waals surface area contributed by atoms with Gasteiger partial charge in [-0.15, -0.1) is 0 Å². The third kappa shape index (κ3) is 2.55. The van der Waals surface area contributed by atoms with E-state index in [0.717, 1.165) is 22.3 Å². The molecular weight excluding hydrogens is 320 g/mol. The van der Waals surface area contributed by atoms with Gasteiger partial charge in [0.25, 0.3) is 0 Å². The molecule has 3 aromatic rings. The minimum atomic E-state index is -0.773. The average Bonchev–Trinajstić information content (AvgIpc) is 3.03. The highest BCUT2D eigenvalue weighted by Gasteiger charge is 2.48.